The van der Waals surface area contributed by atoms with Gasteiger partial charge in [-0.3, -0.25) is 9.69 Å². The summed E-state index contributed by atoms with van der Waals surface area (Å²) in [6.07, 6.45) is 9.03. The summed E-state index contributed by atoms with van der Waals surface area (Å²) in [6.45, 7) is 1.36. The highest BCUT2D eigenvalue weighted by Gasteiger charge is 2.35. The summed E-state index contributed by atoms with van der Waals surface area (Å²) >= 11 is 0. The van der Waals surface area contributed by atoms with E-state index in [0.717, 1.165) is 55.1 Å². The molecule has 8 heteroatoms. The fourth-order valence-corrected chi connectivity index (χ4v) is 5.34. The van der Waals surface area contributed by atoms with Crippen LogP contribution in [0.3, 0.4) is 0 Å². The number of nitrogens with one attached hydrogen (secondary N) is 2. The first-order valence-electron chi connectivity index (χ1n) is 12.2. The SMILES string of the molecule is CNC(=O)c1ccc(F)c2c1C[C@H](N(CCCCc1c[nH]c3ccc(F)cc13)C1CCC1)CO2.Cl. The minimum Gasteiger partial charge on any atom is -0.489 e. The lowest BCUT2D eigenvalue weighted by Gasteiger charge is -2.44. The second-order valence-electron chi connectivity index (χ2n) is 9.43. The molecule has 0 unspecified atom stereocenters. The van der Waals surface area contributed by atoms with Gasteiger partial charge in [0.25, 0.3) is 5.91 Å². The van der Waals surface area contributed by atoms with Gasteiger partial charge in [0, 0.05) is 47.4 Å². The molecule has 0 bridgehead atoms. The Kier molecular flexibility index (Phi) is 7.97. The van der Waals surface area contributed by atoms with Gasteiger partial charge in [0.1, 0.15) is 12.4 Å². The van der Waals surface area contributed by atoms with Crippen LogP contribution in [0.15, 0.2) is 36.5 Å². The molecule has 1 aliphatic carbocycles. The molecule has 0 saturated heterocycles. The van der Waals surface area contributed by atoms with Crippen LogP contribution in [-0.2, 0) is 12.8 Å². The molecule has 1 fully saturated rings. The molecule has 1 atom stereocenters. The number of rotatable bonds is 8. The van der Waals surface area contributed by atoms with Crippen LogP contribution in [0.5, 0.6) is 5.75 Å². The van der Waals surface area contributed by atoms with Crippen molar-refractivity contribution < 1.29 is 18.3 Å². The maximum Gasteiger partial charge on any atom is 0.251 e. The van der Waals surface area contributed by atoms with Crippen molar-refractivity contribution in [2.45, 2.75) is 57.0 Å². The van der Waals surface area contributed by atoms with Crippen molar-refractivity contribution in [1.82, 2.24) is 15.2 Å². The lowest BCUT2D eigenvalue weighted by Crippen LogP contribution is -2.51. The average molecular weight is 504 g/mol. The number of amides is 1. The standard InChI is InChI=1S/C27H31F2N3O2.ClH/c1-30-27(33)21-9-10-24(29)26-23(21)14-20(16-34-26)32(19-6-4-7-19)12-3-2-5-17-15-31-25-11-8-18(28)13-22(17)25;/h8-11,13,15,19-20,31H,2-7,12,14,16H2,1H3,(H,30,33);1H/t20-;/m0./s1. The number of aromatic amines is 1. The van der Waals surface area contributed by atoms with Crippen LogP contribution < -0.4 is 10.1 Å². The van der Waals surface area contributed by atoms with Gasteiger partial charge >= 0.3 is 0 Å². The summed E-state index contributed by atoms with van der Waals surface area (Å²) in [5.74, 6) is -0.621. The predicted octanol–water partition coefficient (Wildman–Crippen LogP) is 5.41. The molecular weight excluding hydrogens is 472 g/mol. The van der Waals surface area contributed by atoms with Crippen molar-refractivity contribution in [1.29, 1.82) is 0 Å². The lowest BCUT2D eigenvalue weighted by molar-refractivity contribution is 0.0416. The van der Waals surface area contributed by atoms with E-state index in [1.165, 1.54) is 18.6 Å². The van der Waals surface area contributed by atoms with Crippen LogP contribution in [0.1, 0.15) is 53.6 Å². The Bertz CT molecular complexity index is 1190. The van der Waals surface area contributed by atoms with Crippen LogP contribution in [0.25, 0.3) is 10.9 Å². The molecule has 3 aromatic rings. The normalized spacial score (nSPS) is 17.4. The van der Waals surface area contributed by atoms with Gasteiger partial charge in [-0.25, -0.2) is 8.78 Å². The summed E-state index contributed by atoms with van der Waals surface area (Å²) in [5, 5.41) is 3.61. The fourth-order valence-electron chi connectivity index (χ4n) is 5.34. The number of aryl methyl sites for hydroxylation is 1. The Morgan fingerprint density at radius 3 is 2.74 bits per heavy atom. The van der Waals surface area contributed by atoms with Crippen molar-refractivity contribution in [3.63, 3.8) is 0 Å². The highest BCUT2D eigenvalue weighted by Crippen LogP contribution is 2.35. The fraction of sp³-hybridized carbons (Fsp3) is 0.444. The molecule has 2 N–H and O–H groups in total. The number of nitrogens with zero attached hydrogens (tertiary/aromatic N) is 1. The number of benzene rings is 2. The Balaban J connectivity index is 0.00000289. The number of hydrogen-bond acceptors (Lipinski definition) is 3. The van der Waals surface area contributed by atoms with E-state index in [9.17, 15) is 13.6 Å². The van der Waals surface area contributed by atoms with Crippen molar-refractivity contribution in [2.24, 2.45) is 0 Å². The second kappa shape index (κ2) is 11.0. The van der Waals surface area contributed by atoms with E-state index in [4.69, 9.17) is 4.74 Å². The zero-order valence-electron chi connectivity index (χ0n) is 19.9. The molecule has 1 aliphatic heterocycles. The minimum atomic E-state index is -0.411. The van der Waals surface area contributed by atoms with Gasteiger partial charge < -0.3 is 15.0 Å². The summed E-state index contributed by atoms with van der Waals surface area (Å²) in [6, 6.07) is 8.34. The summed E-state index contributed by atoms with van der Waals surface area (Å²) in [7, 11) is 1.59. The van der Waals surface area contributed by atoms with E-state index in [-0.39, 0.29) is 35.9 Å². The molecule has 1 aromatic heterocycles. The second-order valence-corrected chi connectivity index (χ2v) is 9.43. The van der Waals surface area contributed by atoms with Gasteiger partial charge in [0.05, 0.1) is 0 Å². The molecule has 5 rings (SSSR count). The minimum absolute atomic E-state index is 0. The van der Waals surface area contributed by atoms with Crippen LogP contribution in [-0.4, -0.2) is 48.1 Å². The molecule has 0 spiro atoms. The number of hydrogen-bond donors (Lipinski definition) is 2. The van der Waals surface area contributed by atoms with E-state index in [0.29, 0.717) is 30.2 Å². The highest BCUT2D eigenvalue weighted by atomic mass is 35.5. The van der Waals surface area contributed by atoms with Crippen molar-refractivity contribution >= 4 is 29.2 Å². The first-order valence-corrected chi connectivity index (χ1v) is 12.2. The summed E-state index contributed by atoms with van der Waals surface area (Å²) < 4.78 is 34.0. The topological polar surface area (TPSA) is 57.4 Å². The number of ether oxygens (including phenoxy) is 1. The lowest BCUT2D eigenvalue weighted by atomic mass is 9.87. The number of fused-ring (bicyclic) bond motifs is 2. The number of carbonyl (C=O) groups is 1. The first kappa shape index (κ1) is 25.5. The van der Waals surface area contributed by atoms with Gasteiger partial charge in [0.15, 0.2) is 11.6 Å². The van der Waals surface area contributed by atoms with E-state index in [2.05, 4.69) is 15.2 Å². The Labute approximate surface area is 210 Å². The van der Waals surface area contributed by atoms with Crippen LogP contribution in [0, 0.1) is 11.6 Å². The van der Waals surface area contributed by atoms with Gasteiger partial charge in [-0.1, -0.05) is 6.42 Å². The Morgan fingerprint density at radius 1 is 1.17 bits per heavy atom. The molecule has 1 amide bonds. The molecule has 2 aromatic carbocycles. The first-order chi connectivity index (χ1) is 16.5. The molecule has 35 heavy (non-hydrogen) atoms. The van der Waals surface area contributed by atoms with Crippen LogP contribution >= 0.6 is 12.4 Å². The number of halogens is 3. The number of unbranched alkanes of at least 4 members (excludes halogenated alkanes) is 1. The smallest absolute Gasteiger partial charge is 0.251 e. The maximum absolute atomic E-state index is 14.4. The predicted molar refractivity (Wildman–Crippen MR) is 136 cm³/mol. The largest absolute Gasteiger partial charge is 0.489 e. The molecular formula is C27H32ClF2N3O2. The van der Waals surface area contributed by atoms with Crippen molar-refractivity contribution in [2.75, 3.05) is 20.2 Å². The van der Waals surface area contributed by atoms with Crippen molar-refractivity contribution in [3.8, 4) is 5.75 Å². The van der Waals surface area contributed by atoms with Crippen LogP contribution in [0.4, 0.5) is 8.78 Å². The molecule has 2 heterocycles. The molecule has 0 radical (unpaired) electrons. The molecule has 1 saturated carbocycles. The third kappa shape index (κ3) is 5.16. The molecule has 188 valence electrons. The highest BCUT2D eigenvalue weighted by molar-refractivity contribution is 5.96. The zero-order chi connectivity index (χ0) is 23.7. The van der Waals surface area contributed by atoms with E-state index >= 15 is 0 Å². The van der Waals surface area contributed by atoms with E-state index in [1.54, 1.807) is 25.2 Å². The van der Waals surface area contributed by atoms with Gasteiger partial charge in [-0.05, 0) is 81.0 Å². The zero-order valence-corrected chi connectivity index (χ0v) is 20.7. The molecule has 2 aliphatic rings. The molecule has 5 nitrogen and oxygen atoms in total. The third-order valence-corrected chi connectivity index (χ3v) is 7.40. The van der Waals surface area contributed by atoms with Crippen molar-refractivity contribution in [3.05, 3.63) is 64.9 Å². The third-order valence-electron chi connectivity index (χ3n) is 7.40. The van der Waals surface area contributed by atoms with Gasteiger partial charge in [-0.2, -0.15) is 0 Å². The summed E-state index contributed by atoms with van der Waals surface area (Å²) in [5.41, 5.74) is 3.26. The monoisotopic (exact) mass is 503 g/mol. The number of H-pyrrole nitrogens is 1. The number of carbonyl (C=O) groups excluding carboxylic acids is 1. The van der Waals surface area contributed by atoms with E-state index in [1.807, 2.05) is 6.20 Å². The van der Waals surface area contributed by atoms with Gasteiger partial charge in [0.2, 0.25) is 0 Å². The maximum atomic E-state index is 14.4. The average Bonchev–Trinajstić information content (AvgIpc) is 3.21. The van der Waals surface area contributed by atoms with Gasteiger partial charge in [-0.15, -0.1) is 12.4 Å². The number of aromatic nitrogens is 1. The van der Waals surface area contributed by atoms with E-state index < -0.39 is 5.82 Å². The Morgan fingerprint density at radius 2 is 2.00 bits per heavy atom. The summed E-state index contributed by atoms with van der Waals surface area (Å²) in [4.78, 5) is 18.1. The van der Waals surface area contributed by atoms with Crippen LogP contribution in [0.2, 0.25) is 0 Å². The Hall–Kier alpha value is -2.64. The quantitative estimate of drug-likeness (QED) is 0.404.